The van der Waals surface area contributed by atoms with Crippen molar-refractivity contribution in [2.75, 3.05) is 4.90 Å². The number of hydrogen-bond donors (Lipinski definition) is 1. The zero-order valence-corrected chi connectivity index (χ0v) is 15.8. The second kappa shape index (κ2) is 7.28. The second-order valence-corrected chi connectivity index (χ2v) is 6.92. The maximum atomic E-state index is 12.7. The van der Waals surface area contributed by atoms with Crippen LogP contribution in [0.1, 0.15) is 0 Å². The van der Waals surface area contributed by atoms with E-state index in [0.29, 0.717) is 11.4 Å². The van der Waals surface area contributed by atoms with Crippen molar-refractivity contribution in [1.82, 2.24) is 5.32 Å². The summed E-state index contributed by atoms with van der Waals surface area (Å²) in [6.07, 6.45) is 1.25. The lowest BCUT2D eigenvalue weighted by Gasteiger charge is -2.28. The average Bonchev–Trinajstić information content (AvgIpc) is 2.57. The van der Waals surface area contributed by atoms with Gasteiger partial charge in [0.2, 0.25) is 5.91 Å². The Morgan fingerprint density at radius 1 is 1.00 bits per heavy atom. The molecule has 0 bridgehead atoms. The Kier molecular flexibility index (Phi) is 5.10. The summed E-state index contributed by atoms with van der Waals surface area (Å²) in [6.45, 7) is 0. The Morgan fingerprint density at radius 3 is 2.36 bits per heavy atom. The van der Waals surface area contributed by atoms with Crippen molar-refractivity contribution in [3.63, 3.8) is 0 Å². The van der Waals surface area contributed by atoms with Crippen molar-refractivity contribution in [3.05, 3.63) is 57.5 Å². The molecule has 2 aromatic rings. The first-order valence-electron chi connectivity index (χ1n) is 7.20. The molecule has 3 rings (SSSR count). The van der Waals surface area contributed by atoms with Crippen LogP contribution in [0.4, 0.5) is 16.2 Å². The highest BCUT2D eigenvalue weighted by atomic mass is 79.9. The van der Waals surface area contributed by atoms with Gasteiger partial charge in [-0.25, -0.2) is 9.69 Å². The van der Waals surface area contributed by atoms with Gasteiger partial charge in [-0.15, -0.1) is 0 Å². The SMILES string of the molecule is O=C1NC(=O)N(c2ccc(Br)cc2)C(=O)[C@H]1C=Nc1ccccc1Br. The molecule has 0 radical (unpaired) electrons. The minimum Gasteiger partial charge on any atom is -0.276 e. The number of barbiturate groups is 1. The summed E-state index contributed by atoms with van der Waals surface area (Å²) in [5.41, 5.74) is 0.952. The minimum atomic E-state index is -1.19. The molecule has 1 fully saturated rings. The number of amides is 4. The summed E-state index contributed by atoms with van der Waals surface area (Å²) >= 11 is 6.64. The van der Waals surface area contributed by atoms with Gasteiger partial charge in [0.25, 0.3) is 5.91 Å². The molecule has 1 aliphatic rings. The van der Waals surface area contributed by atoms with Crippen LogP contribution >= 0.6 is 31.9 Å². The van der Waals surface area contributed by atoms with Crippen LogP contribution in [0.2, 0.25) is 0 Å². The summed E-state index contributed by atoms with van der Waals surface area (Å²) in [7, 11) is 0. The topological polar surface area (TPSA) is 78.8 Å². The Hall–Kier alpha value is -2.32. The van der Waals surface area contributed by atoms with Crippen LogP contribution in [0.25, 0.3) is 0 Å². The highest BCUT2D eigenvalue weighted by molar-refractivity contribution is 9.10. The summed E-state index contributed by atoms with van der Waals surface area (Å²) in [4.78, 5) is 41.9. The lowest BCUT2D eigenvalue weighted by Crippen LogP contribution is -2.58. The molecular weight excluding hydrogens is 454 g/mol. The second-order valence-electron chi connectivity index (χ2n) is 5.15. The third-order valence-electron chi connectivity index (χ3n) is 3.50. The van der Waals surface area contributed by atoms with E-state index in [2.05, 4.69) is 42.2 Å². The van der Waals surface area contributed by atoms with Gasteiger partial charge in [0.1, 0.15) is 0 Å². The molecule has 0 aromatic heterocycles. The van der Waals surface area contributed by atoms with Crippen molar-refractivity contribution in [2.24, 2.45) is 10.9 Å². The van der Waals surface area contributed by atoms with E-state index in [9.17, 15) is 14.4 Å². The van der Waals surface area contributed by atoms with E-state index in [1.165, 1.54) is 6.21 Å². The predicted octanol–water partition coefficient (Wildman–Crippen LogP) is 3.81. The van der Waals surface area contributed by atoms with Gasteiger partial charge in [-0.1, -0.05) is 28.1 Å². The molecule has 1 aliphatic heterocycles. The molecule has 4 amide bonds. The third kappa shape index (κ3) is 3.69. The van der Waals surface area contributed by atoms with Crippen molar-refractivity contribution in [1.29, 1.82) is 0 Å². The molecule has 1 N–H and O–H groups in total. The number of urea groups is 1. The highest BCUT2D eigenvalue weighted by Gasteiger charge is 2.40. The Balaban J connectivity index is 1.90. The number of hydrogen-bond acceptors (Lipinski definition) is 4. The van der Waals surface area contributed by atoms with Crippen molar-refractivity contribution in [3.8, 4) is 0 Å². The molecular formula is C17H11Br2N3O3. The molecule has 0 spiro atoms. The molecule has 0 aliphatic carbocycles. The number of benzene rings is 2. The quantitative estimate of drug-likeness (QED) is 0.554. The highest BCUT2D eigenvalue weighted by Crippen LogP contribution is 2.26. The van der Waals surface area contributed by atoms with Gasteiger partial charge in [-0.05, 0) is 52.3 Å². The standard InChI is InChI=1S/C17H11Br2N3O3/c18-10-5-7-11(8-6-10)22-16(24)12(15(23)21-17(22)25)9-20-14-4-2-1-3-13(14)19/h1-9,12H,(H,21,23,25)/t12-/m0/s1. The van der Waals surface area contributed by atoms with Crippen LogP contribution in [0.5, 0.6) is 0 Å². The number of nitrogens with one attached hydrogen (secondary N) is 1. The van der Waals surface area contributed by atoms with E-state index < -0.39 is 23.8 Å². The Morgan fingerprint density at radius 2 is 1.68 bits per heavy atom. The monoisotopic (exact) mass is 463 g/mol. The van der Waals surface area contributed by atoms with E-state index in [0.717, 1.165) is 13.8 Å². The maximum absolute atomic E-state index is 12.7. The predicted molar refractivity (Wildman–Crippen MR) is 101 cm³/mol. The van der Waals surface area contributed by atoms with Crippen molar-refractivity contribution >= 4 is 67.3 Å². The lowest BCUT2D eigenvalue weighted by molar-refractivity contribution is -0.131. The molecule has 2 aromatic carbocycles. The largest absolute Gasteiger partial charge is 0.335 e. The van der Waals surface area contributed by atoms with E-state index in [4.69, 9.17) is 0 Å². The number of carbonyl (C=O) groups excluding carboxylic acids is 3. The van der Waals surface area contributed by atoms with E-state index in [-0.39, 0.29) is 0 Å². The fourth-order valence-corrected chi connectivity index (χ4v) is 2.92. The van der Waals surface area contributed by atoms with Crippen LogP contribution < -0.4 is 10.2 Å². The first-order chi connectivity index (χ1) is 12.0. The number of para-hydroxylation sites is 1. The number of rotatable bonds is 3. The first kappa shape index (κ1) is 17.5. The van der Waals surface area contributed by atoms with Crippen molar-refractivity contribution in [2.45, 2.75) is 0 Å². The molecule has 1 atom stereocenters. The molecule has 6 nitrogen and oxygen atoms in total. The smallest absolute Gasteiger partial charge is 0.276 e. The molecule has 0 saturated carbocycles. The van der Waals surface area contributed by atoms with Crippen LogP contribution in [0.15, 0.2) is 62.5 Å². The lowest BCUT2D eigenvalue weighted by atomic mass is 10.1. The third-order valence-corrected chi connectivity index (χ3v) is 4.70. The molecule has 8 heteroatoms. The van der Waals surface area contributed by atoms with Crippen LogP contribution in [0, 0.1) is 5.92 Å². The van der Waals surface area contributed by atoms with Crippen molar-refractivity contribution < 1.29 is 14.4 Å². The van der Waals surface area contributed by atoms with Gasteiger partial charge in [0, 0.05) is 15.2 Å². The van der Waals surface area contributed by atoms with E-state index in [1.54, 1.807) is 42.5 Å². The van der Waals surface area contributed by atoms with Crippen LogP contribution in [-0.4, -0.2) is 24.1 Å². The average molecular weight is 465 g/mol. The molecule has 1 heterocycles. The van der Waals surface area contributed by atoms with Crippen LogP contribution in [0.3, 0.4) is 0 Å². The molecule has 1 saturated heterocycles. The normalized spacial score (nSPS) is 17.9. The van der Waals surface area contributed by atoms with Gasteiger partial charge in [-0.3, -0.25) is 19.9 Å². The van der Waals surface area contributed by atoms with Gasteiger partial charge >= 0.3 is 6.03 Å². The summed E-state index contributed by atoms with van der Waals surface area (Å²) in [6, 6.07) is 13.0. The van der Waals surface area contributed by atoms with Gasteiger partial charge in [0.15, 0.2) is 5.92 Å². The van der Waals surface area contributed by atoms with Gasteiger partial charge in [-0.2, -0.15) is 0 Å². The Labute approximate surface area is 160 Å². The van der Waals surface area contributed by atoms with Gasteiger partial charge < -0.3 is 0 Å². The van der Waals surface area contributed by atoms with E-state index >= 15 is 0 Å². The number of anilines is 1. The zero-order chi connectivity index (χ0) is 18.0. The number of carbonyl (C=O) groups is 3. The number of imide groups is 2. The number of nitrogens with zero attached hydrogens (tertiary/aromatic N) is 2. The first-order valence-corrected chi connectivity index (χ1v) is 8.79. The van der Waals surface area contributed by atoms with Crippen LogP contribution in [-0.2, 0) is 9.59 Å². The fourth-order valence-electron chi connectivity index (χ4n) is 2.27. The van der Waals surface area contributed by atoms with E-state index in [1.807, 2.05) is 6.07 Å². The van der Waals surface area contributed by atoms with Gasteiger partial charge in [0.05, 0.1) is 11.4 Å². The fraction of sp³-hybridized carbons (Fsp3) is 0.0588. The molecule has 0 unspecified atom stereocenters. The summed E-state index contributed by atoms with van der Waals surface area (Å²) in [5.74, 6) is -2.53. The molecule has 25 heavy (non-hydrogen) atoms. The Bertz CT molecular complexity index is 881. The molecule has 126 valence electrons. The number of halogens is 2. The minimum absolute atomic E-state index is 0.373. The summed E-state index contributed by atoms with van der Waals surface area (Å²) < 4.78 is 1.54. The zero-order valence-electron chi connectivity index (χ0n) is 12.6. The number of aliphatic imine (C=N–C) groups is 1. The maximum Gasteiger partial charge on any atom is 0.335 e. The summed E-state index contributed by atoms with van der Waals surface area (Å²) in [5, 5.41) is 2.19.